The smallest absolute Gasteiger partial charge is 0.236 e. The molecule has 1 atom stereocenters. The highest BCUT2D eigenvalue weighted by Crippen LogP contribution is 2.42. The van der Waals surface area contributed by atoms with Crippen LogP contribution in [-0.2, 0) is 12.8 Å². The molecule has 0 radical (unpaired) electrons. The molecular weight excluding hydrogens is 522 g/mol. The first-order chi connectivity index (χ1) is 20.2. The average Bonchev–Trinajstić information content (AvgIpc) is 3.38. The molecule has 0 bridgehead atoms. The Morgan fingerprint density at radius 3 is 2.12 bits per heavy atom. The Bertz CT molecular complexity index is 1390. The number of anilines is 4. The Morgan fingerprint density at radius 2 is 1.48 bits per heavy atom. The number of benzene rings is 2. The molecule has 0 spiro atoms. The zero-order chi connectivity index (χ0) is 30.2. The van der Waals surface area contributed by atoms with E-state index in [2.05, 4.69) is 73.5 Å². The summed E-state index contributed by atoms with van der Waals surface area (Å²) in [6.07, 6.45) is 9.40. The quantitative estimate of drug-likeness (QED) is 0.136. The van der Waals surface area contributed by atoms with Gasteiger partial charge in [0.05, 0.1) is 11.3 Å². The van der Waals surface area contributed by atoms with E-state index in [0.717, 1.165) is 80.1 Å². The molecule has 2 aromatic heterocycles. The molecule has 0 aliphatic heterocycles. The van der Waals surface area contributed by atoms with Crippen LogP contribution in [0.1, 0.15) is 97.6 Å². The van der Waals surface area contributed by atoms with Crippen LogP contribution in [-0.4, -0.2) is 26.0 Å². The van der Waals surface area contributed by atoms with Crippen molar-refractivity contribution in [3.8, 4) is 11.5 Å². The van der Waals surface area contributed by atoms with Crippen LogP contribution in [0.3, 0.4) is 0 Å². The number of fused-ring (bicyclic) bond motifs is 1. The van der Waals surface area contributed by atoms with Gasteiger partial charge in [-0.05, 0) is 79.7 Å². The van der Waals surface area contributed by atoms with Gasteiger partial charge in [-0.2, -0.15) is 15.0 Å². The number of nitrogens with two attached hydrogens (primary N) is 2. The largest absolute Gasteiger partial charge is 0.436 e. The van der Waals surface area contributed by atoms with E-state index in [-0.39, 0.29) is 17.9 Å². The third kappa shape index (κ3) is 7.58. The van der Waals surface area contributed by atoms with Crippen LogP contribution in [0.2, 0.25) is 0 Å². The molecule has 8 heteroatoms. The molecule has 8 nitrogen and oxygen atoms in total. The second kappa shape index (κ2) is 14.5. The Hall–Kier alpha value is -3.68. The molecule has 4 N–H and O–H groups in total. The number of rotatable bonds is 15. The van der Waals surface area contributed by atoms with E-state index in [1.165, 1.54) is 11.1 Å². The summed E-state index contributed by atoms with van der Waals surface area (Å²) >= 11 is 0. The van der Waals surface area contributed by atoms with Crippen molar-refractivity contribution in [2.75, 3.05) is 16.4 Å². The lowest BCUT2D eigenvalue weighted by molar-refractivity contribution is 0.531. The molecular formula is C34H49N7O. The molecule has 0 aliphatic carbocycles. The molecule has 0 fully saturated rings. The summed E-state index contributed by atoms with van der Waals surface area (Å²) < 4.78 is 6.53. The van der Waals surface area contributed by atoms with E-state index in [4.69, 9.17) is 20.9 Å². The first-order valence-electron chi connectivity index (χ1n) is 15.8. The van der Waals surface area contributed by atoms with E-state index in [0.29, 0.717) is 23.7 Å². The molecule has 0 saturated heterocycles. The maximum absolute atomic E-state index is 6.53. The SMILES string of the molecule is CCCCCC(CC)N(c1nc(N)nc(N)n1)c1ccc(CCC(C)C)c(CCC(C)C)c1-c1nc2ccccc2o1. The molecule has 42 heavy (non-hydrogen) atoms. The molecule has 0 aliphatic rings. The number of hydrogen-bond acceptors (Lipinski definition) is 8. The van der Waals surface area contributed by atoms with Crippen LogP contribution in [0, 0.1) is 11.8 Å². The lowest BCUT2D eigenvalue weighted by atomic mass is 9.88. The fourth-order valence-corrected chi connectivity index (χ4v) is 5.61. The highest BCUT2D eigenvalue weighted by Gasteiger charge is 2.29. The number of nitrogens with zero attached hydrogens (tertiary/aromatic N) is 5. The van der Waals surface area contributed by atoms with Crippen molar-refractivity contribution in [1.29, 1.82) is 0 Å². The third-order valence-electron chi connectivity index (χ3n) is 7.97. The van der Waals surface area contributed by atoms with Crippen LogP contribution in [0.25, 0.3) is 22.6 Å². The molecule has 226 valence electrons. The number of para-hydroxylation sites is 2. The van der Waals surface area contributed by atoms with E-state index in [1.807, 2.05) is 24.3 Å². The summed E-state index contributed by atoms with van der Waals surface area (Å²) in [5.74, 6) is 2.47. The van der Waals surface area contributed by atoms with E-state index in [1.54, 1.807) is 0 Å². The van der Waals surface area contributed by atoms with Gasteiger partial charge < -0.3 is 20.8 Å². The third-order valence-corrected chi connectivity index (χ3v) is 7.97. The van der Waals surface area contributed by atoms with Crippen molar-refractivity contribution < 1.29 is 4.42 Å². The summed E-state index contributed by atoms with van der Waals surface area (Å²) in [7, 11) is 0. The van der Waals surface area contributed by atoms with Crippen molar-refractivity contribution in [1.82, 2.24) is 19.9 Å². The van der Waals surface area contributed by atoms with Gasteiger partial charge >= 0.3 is 0 Å². The second-order valence-corrected chi connectivity index (χ2v) is 12.2. The molecule has 0 amide bonds. The summed E-state index contributed by atoms with van der Waals surface area (Å²) in [5.41, 5.74) is 18.5. The number of oxazole rings is 1. The predicted octanol–water partition coefficient (Wildman–Crippen LogP) is 8.52. The van der Waals surface area contributed by atoms with E-state index in [9.17, 15) is 0 Å². The fourth-order valence-electron chi connectivity index (χ4n) is 5.61. The summed E-state index contributed by atoms with van der Waals surface area (Å²) in [6.45, 7) is 13.6. The van der Waals surface area contributed by atoms with E-state index < -0.39 is 0 Å². The number of unbranched alkanes of at least 4 members (excludes halogenated alkanes) is 2. The van der Waals surface area contributed by atoms with Gasteiger partial charge in [-0.1, -0.05) is 79.0 Å². The normalized spacial score (nSPS) is 12.5. The Labute approximate surface area is 251 Å². The topological polar surface area (TPSA) is 120 Å². The van der Waals surface area contributed by atoms with Crippen molar-refractivity contribution in [2.45, 2.75) is 105 Å². The average molecular weight is 572 g/mol. The zero-order valence-electron chi connectivity index (χ0n) is 26.4. The van der Waals surface area contributed by atoms with Crippen molar-refractivity contribution >= 4 is 34.6 Å². The summed E-state index contributed by atoms with van der Waals surface area (Å²) in [6, 6.07) is 12.6. The summed E-state index contributed by atoms with van der Waals surface area (Å²) in [5, 5.41) is 0. The van der Waals surface area contributed by atoms with Gasteiger partial charge in [0.25, 0.3) is 0 Å². The van der Waals surface area contributed by atoms with E-state index >= 15 is 0 Å². The Morgan fingerprint density at radius 1 is 0.786 bits per heavy atom. The molecule has 4 rings (SSSR count). The monoisotopic (exact) mass is 571 g/mol. The van der Waals surface area contributed by atoms with Crippen LogP contribution >= 0.6 is 0 Å². The lowest BCUT2D eigenvalue weighted by Gasteiger charge is -2.34. The minimum absolute atomic E-state index is 0.114. The van der Waals surface area contributed by atoms with Gasteiger partial charge in [0, 0.05) is 6.04 Å². The second-order valence-electron chi connectivity index (χ2n) is 12.2. The fraction of sp³-hybridized carbons (Fsp3) is 0.529. The van der Waals surface area contributed by atoms with Crippen LogP contribution in [0.15, 0.2) is 40.8 Å². The van der Waals surface area contributed by atoms with Gasteiger partial charge in [-0.25, -0.2) is 4.98 Å². The first kappa shape index (κ1) is 31.3. The zero-order valence-corrected chi connectivity index (χ0v) is 26.4. The van der Waals surface area contributed by atoms with Gasteiger partial charge in [-0.15, -0.1) is 0 Å². The maximum Gasteiger partial charge on any atom is 0.236 e. The van der Waals surface area contributed by atoms with Gasteiger partial charge in [0.15, 0.2) is 5.58 Å². The standard InChI is InChI=1S/C34H49N7O/c1-7-9-10-13-25(8-2)41(34-39-32(35)38-33(36)40-34)28-21-19-24(18-16-22(3)4)26(20-17-23(5)6)30(28)31-37-27-14-11-12-15-29(27)42-31/h11-12,14-15,19,21-23,25H,7-10,13,16-18,20H2,1-6H3,(H4,35,36,38,39,40). The molecule has 4 aromatic rings. The molecule has 2 heterocycles. The van der Waals surface area contributed by atoms with Crippen molar-refractivity contribution in [2.24, 2.45) is 11.8 Å². The van der Waals surface area contributed by atoms with Crippen molar-refractivity contribution in [3.05, 3.63) is 47.5 Å². The summed E-state index contributed by atoms with van der Waals surface area (Å²) in [4.78, 5) is 20.6. The van der Waals surface area contributed by atoms with Crippen LogP contribution < -0.4 is 16.4 Å². The van der Waals surface area contributed by atoms with Gasteiger partial charge in [0.1, 0.15) is 5.52 Å². The Kier molecular flexibility index (Phi) is 10.8. The first-order valence-corrected chi connectivity index (χ1v) is 15.8. The minimum Gasteiger partial charge on any atom is -0.436 e. The molecule has 1 unspecified atom stereocenters. The van der Waals surface area contributed by atoms with Gasteiger partial charge in [-0.3, -0.25) is 0 Å². The highest BCUT2D eigenvalue weighted by atomic mass is 16.3. The van der Waals surface area contributed by atoms with Crippen LogP contribution in [0.5, 0.6) is 0 Å². The highest BCUT2D eigenvalue weighted by molar-refractivity contribution is 5.85. The Balaban J connectivity index is 2.02. The lowest BCUT2D eigenvalue weighted by Crippen LogP contribution is -2.33. The molecule has 2 aromatic carbocycles. The molecule has 0 saturated carbocycles. The van der Waals surface area contributed by atoms with Gasteiger partial charge in [0.2, 0.25) is 23.7 Å². The minimum atomic E-state index is 0.114. The number of aromatic nitrogens is 4. The number of aryl methyl sites for hydroxylation is 1. The maximum atomic E-state index is 6.53. The number of nitrogen functional groups attached to an aromatic ring is 2. The number of hydrogen-bond donors (Lipinski definition) is 2. The van der Waals surface area contributed by atoms with Crippen LogP contribution in [0.4, 0.5) is 23.5 Å². The van der Waals surface area contributed by atoms with Crippen molar-refractivity contribution in [3.63, 3.8) is 0 Å². The predicted molar refractivity (Wildman–Crippen MR) is 175 cm³/mol.